The highest BCUT2D eigenvalue weighted by Crippen LogP contribution is 2.17. The Bertz CT molecular complexity index is 380. The minimum absolute atomic E-state index is 0.0734. The van der Waals surface area contributed by atoms with Crippen molar-refractivity contribution >= 4 is 11.6 Å². The summed E-state index contributed by atoms with van der Waals surface area (Å²) < 4.78 is 13.2. The van der Waals surface area contributed by atoms with Crippen molar-refractivity contribution in [2.45, 2.75) is 32.6 Å². The van der Waals surface area contributed by atoms with Crippen molar-refractivity contribution in [1.82, 2.24) is 0 Å². The second-order valence-corrected chi connectivity index (χ2v) is 4.06. The van der Waals surface area contributed by atoms with Gasteiger partial charge in [-0.2, -0.15) is 0 Å². The lowest BCUT2D eigenvalue weighted by Crippen LogP contribution is -2.12. The molecular formula is C13H19FN2O. The highest BCUT2D eigenvalue weighted by Gasteiger charge is 2.06. The first-order valence-electron chi connectivity index (χ1n) is 5.90. The Hall–Kier alpha value is -1.42. The van der Waals surface area contributed by atoms with Crippen LogP contribution < -0.4 is 11.1 Å². The predicted molar refractivity (Wildman–Crippen MR) is 67.3 cm³/mol. The number of carbonyl (C=O) groups excluding carboxylic acids is 1. The fourth-order valence-corrected chi connectivity index (χ4v) is 1.56. The van der Waals surface area contributed by atoms with E-state index in [0.717, 1.165) is 19.3 Å². The van der Waals surface area contributed by atoms with Crippen LogP contribution in [0.1, 0.15) is 31.2 Å². The van der Waals surface area contributed by atoms with Crippen molar-refractivity contribution in [2.75, 3.05) is 11.9 Å². The summed E-state index contributed by atoms with van der Waals surface area (Å²) in [5, 5.41) is 2.72. The van der Waals surface area contributed by atoms with Crippen LogP contribution in [0, 0.1) is 12.7 Å². The predicted octanol–water partition coefficient (Wildman–Crippen LogP) is 2.59. The first-order valence-corrected chi connectivity index (χ1v) is 5.90. The van der Waals surface area contributed by atoms with Crippen LogP contribution in [0.15, 0.2) is 18.2 Å². The van der Waals surface area contributed by atoms with Gasteiger partial charge in [-0.15, -0.1) is 0 Å². The number of unbranched alkanes of at least 4 members (excludes halogenated alkanes) is 2. The van der Waals surface area contributed by atoms with Gasteiger partial charge < -0.3 is 11.1 Å². The van der Waals surface area contributed by atoms with E-state index in [1.54, 1.807) is 19.1 Å². The van der Waals surface area contributed by atoms with Gasteiger partial charge in [-0.1, -0.05) is 12.5 Å². The van der Waals surface area contributed by atoms with E-state index in [-0.39, 0.29) is 11.7 Å². The minimum Gasteiger partial charge on any atom is -0.330 e. The molecule has 0 unspecified atom stereocenters. The van der Waals surface area contributed by atoms with Gasteiger partial charge in [0.15, 0.2) is 0 Å². The van der Waals surface area contributed by atoms with E-state index in [1.807, 2.05) is 0 Å². The lowest BCUT2D eigenvalue weighted by molar-refractivity contribution is -0.116. The average molecular weight is 238 g/mol. The van der Waals surface area contributed by atoms with Gasteiger partial charge in [0.25, 0.3) is 0 Å². The smallest absolute Gasteiger partial charge is 0.224 e. The molecule has 0 atom stereocenters. The second-order valence-electron chi connectivity index (χ2n) is 4.06. The van der Waals surface area contributed by atoms with E-state index < -0.39 is 0 Å². The molecule has 0 bridgehead atoms. The Morgan fingerprint density at radius 1 is 1.35 bits per heavy atom. The summed E-state index contributed by atoms with van der Waals surface area (Å²) in [5.41, 5.74) is 6.39. The van der Waals surface area contributed by atoms with Gasteiger partial charge >= 0.3 is 0 Å². The standard InChI is InChI=1S/C13H19FN2O/c1-10-11(14)6-5-7-12(10)16-13(17)8-3-2-4-9-15/h5-7H,2-4,8-9,15H2,1H3,(H,16,17). The lowest BCUT2D eigenvalue weighted by Gasteiger charge is -2.08. The maximum Gasteiger partial charge on any atom is 0.224 e. The molecule has 1 amide bonds. The summed E-state index contributed by atoms with van der Waals surface area (Å²) in [5.74, 6) is -0.373. The van der Waals surface area contributed by atoms with E-state index in [9.17, 15) is 9.18 Å². The average Bonchev–Trinajstić information content (AvgIpc) is 2.31. The zero-order valence-electron chi connectivity index (χ0n) is 10.1. The van der Waals surface area contributed by atoms with Crippen LogP contribution in [0.25, 0.3) is 0 Å². The molecule has 94 valence electrons. The molecule has 1 rings (SSSR count). The minimum atomic E-state index is -0.300. The van der Waals surface area contributed by atoms with Gasteiger partial charge in [0.05, 0.1) is 0 Å². The maximum absolute atomic E-state index is 13.2. The van der Waals surface area contributed by atoms with E-state index in [4.69, 9.17) is 5.73 Å². The Labute approximate surface area is 101 Å². The van der Waals surface area contributed by atoms with Gasteiger partial charge in [0.2, 0.25) is 5.91 Å². The third kappa shape index (κ3) is 4.53. The van der Waals surface area contributed by atoms with Crippen molar-refractivity contribution in [1.29, 1.82) is 0 Å². The van der Waals surface area contributed by atoms with E-state index >= 15 is 0 Å². The molecular weight excluding hydrogens is 219 g/mol. The lowest BCUT2D eigenvalue weighted by atomic mass is 10.1. The molecule has 0 radical (unpaired) electrons. The Morgan fingerprint density at radius 3 is 2.82 bits per heavy atom. The molecule has 0 spiro atoms. The molecule has 3 N–H and O–H groups in total. The first kappa shape index (κ1) is 13.6. The molecule has 0 saturated heterocycles. The molecule has 0 saturated carbocycles. The third-order valence-corrected chi connectivity index (χ3v) is 2.65. The topological polar surface area (TPSA) is 55.1 Å². The number of hydrogen-bond acceptors (Lipinski definition) is 2. The highest BCUT2D eigenvalue weighted by atomic mass is 19.1. The summed E-state index contributed by atoms with van der Waals surface area (Å²) >= 11 is 0. The molecule has 0 aliphatic heterocycles. The largest absolute Gasteiger partial charge is 0.330 e. The molecule has 4 heteroatoms. The fourth-order valence-electron chi connectivity index (χ4n) is 1.56. The zero-order chi connectivity index (χ0) is 12.7. The highest BCUT2D eigenvalue weighted by molar-refractivity contribution is 5.91. The molecule has 0 fully saturated rings. The number of amides is 1. The van der Waals surface area contributed by atoms with Crippen molar-refractivity contribution in [3.05, 3.63) is 29.6 Å². The van der Waals surface area contributed by atoms with E-state index in [2.05, 4.69) is 5.32 Å². The molecule has 1 aromatic rings. The second kappa shape index (κ2) is 7.01. The monoisotopic (exact) mass is 238 g/mol. The Morgan fingerprint density at radius 2 is 2.12 bits per heavy atom. The normalized spacial score (nSPS) is 10.3. The summed E-state index contributed by atoms with van der Waals surface area (Å²) in [7, 11) is 0. The summed E-state index contributed by atoms with van der Waals surface area (Å²) in [6.07, 6.45) is 3.16. The molecule has 3 nitrogen and oxygen atoms in total. The van der Waals surface area contributed by atoms with Crippen molar-refractivity contribution in [2.24, 2.45) is 5.73 Å². The van der Waals surface area contributed by atoms with Gasteiger partial charge in [0, 0.05) is 17.7 Å². The Balaban J connectivity index is 2.43. The van der Waals surface area contributed by atoms with Crippen molar-refractivity contribution in [3.63, 3.8) is 0 Å². The first-order chi connectivity index (χ1) is 8.15. The van der Waals surface area contributed by atoms with Crippen LogP contribution in [0.2, 0.25) is 0 Å². The zero-order valence-corrected chi connectivity index (χ0v) is 10.1. The number of nitrogens with one attached hydrogen (secondary N) is 1. The number of nitrogens with two attached hydrogens (primary N) is 1. The fraction of sp³-hybridized carbons (Fsp3) is 0.462. The molecule has 0 aliphatic carbocycles. The number of anilines is 1. The van der Waals surface area contributed by atoms with Gasteiger partial charge in [-0.3, -0.25) is 4.79 Å². The SMILES string of the molecule is Cc1c(F)cccc1NC(=O)CCCCCN. The number of halogens is 1. The van der Waals surface area contributed by atoms with Crippen LogP contribution in [-0.4, -0.2) is 12.5 Å². The van der Waals surface area contributed by atoms with E-state index in [1.165, 1.54) is 6.07 Å². The van der Waals surface area contributed by atoms with Crippen molar-refractivity contribution < 1.29 is 9.18 Å². The molecule has 0 heterocycles. The number of carbonyl (C=O) groups is 1. The van der Waals surface area contributed by atoms with Crippen LogP contribution in [0.5, 0.6) is 0 Å². The van der Waals surface area contributed by atoms with Gasteiger partial charge in [-0.25, -0.2) is 4.39 Å². The van der Waals surface area contributed by atoms with Gasteiger partial charge in [0.1, 0.15) is 5.82 Å². The van der Waals surface area contributed by atoms with Crippen LogP contribution in [0.4, 0.5) is 10.1 Å². The Kier molecular flexibility index (Phi) is 5.63. The van der Waals surface area contributed by atoms with Crippen LogP contribution in [-0.2, 0) is 4.79 Å². The van der Waals surface area contributed by atoms with Gasteiger partial charge in [-0.05, 0) is 38.4 Å². The number of benzene rings is 1. The molecule has 0 aromatic heterocycles. The molecule has 0 aliphatic rings. The number of hydrogen-bond donors (Lipinski definition) is 2. The van der Waals surface area contributed by atoms with Crippen LogP contribution >= 0.6 is 0 Å². The maximum atomic E-state index is 13.2. The number of rotatable bonds is 6. The molecule has 17 heavy (non-hydrogen) atoms. The quantitative estimate of drug-likeness (QED) is 0.748. The van der Waals surface area contributed by atoms with Crippen LogP contribution in [0.3, 0.4) is 0 Å². The summed E-state index contributed by atoms with van der Waals surface area (Å²) in [4.78, 5) is 11.6. The van der Waals surface area contributed by atoms with E-state index in [0.29, 0.717) is 24.2 Å². The summed E-state index contributed by atoms with van der Waals surface area (Å²) in [6, 6.07) is 4.68. The third-order valence-electron chi connectivity index (χ3n) is 2.65. The molecule has 1 aromatic carbocycles. The summed E-state index contributed by atoms with van der Waals surface area (Å²) in [6.45, 7) is 2.31. The van der Waals surface area contributed by atoms with Crippen molar-refractivity contribution in [3.8, 4) is 0 Å².